The first-order valence-electron chi connectivity index (χ1n) is 4.73. The van der Waals surface area contributed by atoms with E-state index >= 15 is 0 Å². The highest BCUT2D eigenvalue weighted by molar-refractivity contribution is 5.04. The lowest BCUT2D eigenvalue weighted by molar-refractivity contribution is 0.409. The van der Waals surface area contributed by atoms with E-state index in [1.807, 2.05) is 6.07 Å². The van der Waals surface area contributed by atoms with Crippen LogP contribution in [0.5, 0.6) is 0 Å². The lowest BCUT2D eigenvalue weighted by atomic mass is 10.1. The van der Waals surface area contributed by atoms with Crippen LogP contribution in [0, 0.1) is 0 Å². The first-order chi connectivity index (χ1) is 5.97. The van der Waals surface area contributed by atoms with E-state index in [2.05, 4.69) is 11.4 Å². The first kappa shape index (κ1) is 7.87. The fourth-order valence-electron chi connectivity index (χ4n) is 1.76. The third-order valence-electron chi connectivity index (χ3n) is 2.45. The van der Waals surface area contributed by atoms with Crippen LogP contribution in [0.4, 0.5) is 0 Å². The van der Waals surface area contributed by atoms with Gasteiger partial charge in [0.05, 0.1) is 12.3 Å². The summed E-state index contributed by atoms with van der Waals surface area (Å²) in [5, 5.41) is 3.49. The summed E-state index contributed by atoms with van der Waals surface area (Å²) in [5.74, 6) is 1.09. The highest BCUT2D eigenvalue weighted by Gasteiger charge is 2.14. The standard InChI is InChI=1S/C10H15NO/c1-2-5-9(11-7-3-1)10-6-4-8-12-10/h4,6,8-9,11H,1-3,5,7H2/t9-/m1/s1. The fourth-order valence-corrected chi connectivity index (χ4v) is 1.76. The van der Waals surface area contributed by atoms with Crippen molar-refractivity contribution in [3.63, 3.8) is 0 Å². The van der Waals surface area contributed by atoms with E-state index in [4.69, 9.17) is 4.42 Å². The number of rotatable bonds is 1. The van der Waals surface area contributed by atoms with Crippen LogP contribution in [0.25, 0.3) is 0 Å². The van der Waals surface area contributed by atoms with E-state index < -0.39 is 0 Å². The Morgan fingerprint density at radius 1 is 1.33 bits per heavy atom. The average molecular weight is 165 g/mol. The van der Waals surface area contributed by atoms with Gasteiger partial charge in [-0.3, -0.25) is 0 Å². The Morgan fingerprint density at radius 3 is 3.17 bits per heavy atom. The molecule has 0 aromatic carbocycles. The summed E-state index contributed by atoms with van der Waals surface area (Å²) < 4.78 is 5.37. The quantitative estimate of drug-likeness (QED) is 0.691. The molecule has 0 unspecified atom stereocenters. The molecule has 2 heteroatoms. The van der Waals surface area contributed by atoms with Crippen LogP contribution in [-0.2, 0) is 0 Å². The molecule has 0 saturated carbocycles. The highest BCUT2D eigenvalue weighted by atomic mass is 16.3. The molecule has 0 radical (unpaired) electrons. The molecular weight excluding hydrogens is 150 g/mol. The van der Waals surface area contributed by atoms with Crippen LogP contribution >= 0.6 is 0 Å². The molecule has 2 rings (SSSR count). The van der Waals surface area contributed by atoms with Crippen molar-refractivity contribution in [2.45, 2.75) is 31.7 Å². The predicted octanol–water partition coefficient (Wildman–Crippen LogP) is 2.48. The summed E-state index contributed by atoms with van der Waals surface area (Å²) in [6.07, 6.45) is 6.94. The van der Waals surface area contributed by atoms with Crippen molar-refractivity contribution in [2.24, 2.45) is 0 Å². The zero-order chi connectivity index (χ0) is 8.23. The average Bonchev–Trinajstić information content (AvgIpc) is 2.48. The molecular formula is C10H15NO. The van der Waals surface area contributed by atoms with Crippen molar-refractivity contribution in [1.82, 2.24) is 5.32 Å². The Hall–Kier alpha value is -0.760. The van der Waals surface area contributed by atoms with E-state index in [1.54, 1.807) is 6.26 Å². The molecule has 2 heterocycles. The maximum atomic E-state index is 5.37. The van der Waals surface area contributed by atoms with Gasteiger partial charge in [-0.15, -0.1) is 0 Å². The summed E-state index contributed by atoms with van der Waals surface area (Å²) in [6.45, 7) is 1.13. The molecule has 2 nitrogen and oxygen atoms in total. The number of nitrogens with one attached hydrogen (secondary N) is 1. The molecule has 1 aromatic rings. The van der Waals surface area contributed by atoms with Crippen LogP contribution in [0.2, 0.25) is 0 Å². The third kappa shape index (κ3) is 1.69. The van der Waals surface area contributed by atoms with Crippen LogP contribution in [-0.4, -0.2) is 6.54 Å². The second kappa shape index (κ2) is 3.76. The van der Waals surface area contributed by atoms with Crippen LogP contribution in [0.15, 0.2) is 22.8 Å². The normalized spacial score (nSPS) is 25.2. The lowest BCUT2D eigenvalue weighted by Gasteiger charge is -2.11. The number of hydrogen-bond acceptors (Lipinski definition) is 2. The van der Waals surface area contributed by atoms with Gasteiger partial charge in [-0.05, 0) is 31.5 Å². The van der Waals surface area contributed by atoms with Gasteiger partial charge in [0.1, 0.15) is 5.76 Å². The zero-order valence-corrected chi connectivity index (χ0v) is 7.25. The van der Waals surface area contributed by atoms with Gasteiger partial charge < -0.3 is 9.73 Å². The van der Waals surface area contributed by atoms with E-state index in [-0.39, 0.29) is 0 Å². The topological polar surface area (TPSA) is 25.2 Å². The Bertz CT molecular complexity index is 210. The Morgan fingerprint density at radius 2 is 2.33 bits per heavy atom. The predicted molar refractivity (Wildman–Crippen MR) is 47.9 cm³/mol. The summed E-state index contributed by atoms with van der Waals surface area (Å²) in [5.41, 5.74) is 0. The van der Waals surface area contributed by atoms with Crippen molar-refractivity contribution in [3.8, 4) is 0 Å². The molecule has 12 heavy (non-hydrogen) atoms. The number of hydrogen-bond donors (Lipinski definition) is 1. The molecule has 0 bridgehead atoms. The second-order valence-electron chi connectivity index (χ2n) is 3.37. The Kier molecular flexibility index (Phi) is 2.47. The molecule has 1 fully saturated rings. The molecule has 1 N–H and O–H groups in total. The zero-order valence-electron chi connectivity index (χ0n) is 7.25. The van der Waals surface area contributed by atoms with Crippen molar-refractivity contribution in [2.75, 3.05) is 6.54 Å². The second-order valence-corrected chi connectivity index (χ2v) is 3.37. The van der Waals surface area contributed by atoms with Gasteiger partial charge in [0, 0.05) is 0 Å². The van der Waals surface area contributed by atoms with E-state index in [0.29, 0.717) is 6.04 Å². The summed E-state index contributed by atoms with van der Waals surface area (Å²) in [4.78, 5) is 0. The van der Waals surface area contributed by atoms with Crippen molar-refractivity contribution in [3.05, 3.63) is 24.2 Å². The third-order valence-corrected chi connectivity index (χ3v) is 2.45. The van der Waals surface area contributed by atoms with Gasteiger partial charge in [0.25, 0.3) is 0 Å². The van der Waals surface area contributed by atoms with E-state index in [0.717, 1.165) is 12.3 Å². The van der Waals surface area contributed by atoms with Crippen molar-refractivity contribution < 1.29 is 4.42 Å². The minimum absolute atomic E-state index is 0.461. The SMILES string of the molecule is c1coc([C@H]2CCCCCN2)c1. The number of furan rings is 1. The molecule has 0 spiro atoms. The molecule has 1 aliphatic heterocycles. The molecule has 0 amide bonds. The molecule has 0 aliphatic carbocycles. The smallest absolute Gasteiger partial charge is 0.120 e. The van der Waals surface area contributed by atoms with Gasteiger partial charge in [0.15, 0.2) is 0 Å². The summed E-state index contributed by atoms with van der Waals surface area (Å²) in [7, 11) is 0. The van der Waals surface area contributed by atoms with Gasteiger partial charge in [-0.1, -0.05) is 12.8 Å². The Labute approximate surface area is 73.0 Å². The molecule has 1 aliphatic rings. The fraction of sp³-hybridized carbons (Fsp3) is 0.600. The maximum absolute atomic E-state index is 5.37. The van der Waals surface area contributed by atoms with Gasteiger partial charge in [0.2, 0.25) is 0 Å². The maximum Gasteiger partial charge on any atom is 0.120 e. The van der Waals surface area contributed by atoms with E-state index in [9.17, 15) is 0 Å². The summed E-state index contributed by atoms with van der Waals surface area (Å²) >= 11 is 0. The van der Waals surface area contributed by atoms with Gasteiger partial charge in [-0.2, -0.15) is 0 Å². The highest BCUT2D eigenvalue weighted by Crippen LogP contribution is 2.22. The largest absolute Gasteiger partial charge is 0.468 e. The minimum atomic E-state index is 0.461. The molecule has 1 atom stereocenters. The monoisotopic (exact) mass is 165 g/mol. The van der Waals surface area contributed by atoms with Gasteiger partial charge >= 0.3 is 0 Å². The van der Waals surface area contributed by atoms with Gasteiger partial charge in [-0.25, -0.2) is 0 Å². The van der Waals surface area contributed by atoms with Crippen LogP contribution in [0.3, 0.4) is 0 Å². The van der Waals surface area contributed by atoms with Crippen LogP contribution < -0.4 is 5.32 Å². The molecule has 66 valence electrons. The van der Waals surface area contributed by atoms with Crippen molar-refractivity contribution in [1.29, 1.82) is 0 Å². The summed E-state index contributed by atoms with van der Waals surface area (Å²) in [6, 6.07) is 4.48. The van der Waals surface area contributed by atoms with E-state index in [1.165, 1.54) is 25.7 Å². The molecule has 1 saturated heterocycles. The lowest BCUT2D eigenvalue weighted by Crippen LogP contribution is -2.19. The van der Waals surface area contributed by atoms with Crippen molar-refractivity contribution >= 4 is 0 Å². The Balaban J connectivity index is 2.02. The molecule has 1 aromatic heterocycles. The first-order valence-corrected chi connectivity index (χ1v) is 4.73. The van der Waals surface area contributed by atoms with Crippen LogP contribution in [0.1, 0.15) is 37.5 Å². The minimum Gasteiger partial charge on any atom is -0.468 e.